The van der Waals surface area contributed by atoms with Gasteiger partial charge in [-0.3, -0.25) is 4.79 Å². The third-order valence-electron chi connectivity index (χ3n) is 3.81. The summed E-state index contributed by atoms with van der Waals surface area (Å²) in [4.78, 5) is 17.0. The van der Waals surface area contributed by atoms with Crippen LogP contribution in [0.4, 0.5) is 0 Å². The second-order valence-electron chi connectivity index (χ2n) is 5.24. The molecule has 0 aliphatic rings. The van der Waals surface area contributed by atoms with Crippen LogP contribution < -0.4 is 5.43 Å². The number of pyridine rings is 1. The van der Waals surface area contributed by atoms with E-state index in [0.717, 1.165) is 11.1 Å². The van der Waals surface area contributed by atoms with Crippen molar-refractivity contribution in [3.8, 4) is 0 Å². The van der Waals surface area contributed by atoms with Crippen molar-refractivity contribution in [2.45, 2.75) is 6.42 Å². The normalized spacial score (nSPS) is 11.1. The molecule has 0 aliphatic carbocycles. The van der Waals surface area contributed by atoms with Crippen LogP contribution in [-0.2, 0) is 6.42 Å². The van der Waals surface area contributed by atoms with E-state index in [-0.39, 0.29) is 5.43 Å². The summed E-state index contributed by atoms with van der Waals surface area (Å²) in [6.07, 6.45) is 2.38. The molecule has 3 nitrogen and oxygen atoms in total. The summed E-state index contributed by atoms with van der Waals surface area (Å²) < 4.78 is 5.79. The van der Waals surface area contributed by atoms with Gasteiger partial charge in [-0.05, 0) is 35.7 Å². The van der Waals surface area contributed by atoms with Crippen LogP contribution >= 0.6 is 0 Å². The highest BCUT2D eigenvalue weighted by atomic mass is 16.3. The van der Waals surface area contributed by atoms with Gasteiger partial charge in [0.1, 0.15) is 5.58 Å². The number of nitrogens with zero attached hydrogens (tertiary/aromatic N) is 1. The van der Waals surface area contributed by atoms with Crippen molar-refractivity contribution in [1.82, 2.24) is 4.98 Å². The van der Waals surface area contributed by atoms with Gasteiger partial charge in [0.25, 0.3) is 0 Å². The first kappa shape index (κ1) is 12.8. The molecule has 0 atom stereocenters. The molecule has 0 fully saturated rings. The van der Waals surface area contributed by atoms with E-state index in [0.29, 0.717) is 28.5 Å². The lowest BCUT2D eigenvalue weighted by Gasteiger charge is -2.06. The first-order valence-electron chi connectivity index (χ1n) is 7.16. The molecule has 0 bridgehead atoms. The maximum absolute atomic E-state index is 12.8. The average Bonchev–Trinajstić information content (AvgIpc) is 2.56. The van der Waals surface area contributed by atoms with Gasteiger partial charge in [0.2, 0.25) is 11.1 Å². The van der Waals surface area contributed by atoms with E-state index < -0.39 is 0 Å². The number of aromatic nitrogens is 1. The Morgan fingerprint density at radius 3 is 2.55 bits per heavy atom. The second kappa shape index (κ2) is 5.11. The summed E-state index contributed by atoms with van der Waals surface area (Å²) in [5.74, 6) is 0. The second-order valence-corrected chi connectivity index (χ2v) is 5.24. The van der Waals surface area contributed by atoms with E-state index in [4.69, 9.17) is 4.42 Å². The van der Waals surface area contributed by atoms with Crippen molar-refractivity contribution >= 4 is 22.1 Å². The molecular formula is C19H13NO2. The predicted octanol–water partition coefficient (Wildman–Crippen LogP) is 3.93. The molecule has 4 aromatic rings. The highest BCUT2D eigenvalue weighted by Crippen LogP contribution is 2.21. The average molecular weight is 287 g/mol. The Morgan fingerprint density at radius 1 is 0.909 bits per heavy atom. The van der Waals surface area contributed by atoms with Crippen LogP contribution in [0.2, 0.25) is 0 Å². The van der Waals surface area contributed by atoms with Crippen molar-refractivity contribution in [3.05, 3.63) is 88.2 Å². The fraction of sp³-hybridized carbons (Fsp3) is 0.0526. The van der Waals surface area contributed by atoms with E-state index in [1.54, 1.807) is 18.3 Å². The number of benzene rings is 2. The van der Waals surface area contributed by atoms with Gasteiger partial charge in [0.05, 0.1) is 10.8 Å². The summed E-state index contributed by atoms with van der Waals surface area (Å²) in [6, 6.07) is 19.2. The zero-order valence-electron chi connectivity index (χ0n) is 11.8. The highest BCUT2D eigenvalue weighted by Gasteiger charge is 2.12. The van der Waals surface area contributed by atoms with Crippen molar-refractivity contribution in [1.29, 1.82) is 0 Å². The topological polar surface area (TPSA) is 43.1 Å². The number of para-hydroxylation sites is 1. The lowest BCUT2D eigenvalue weighted by molar-refractivity contribution is 0.644. The Morgan fingerprint density at radius 2 is 1.68 bits per heavy atom. The number of hydrogen-bond acceptors (Lipinski definition) is 3. The standard InChI is InChI=1S/C19H13NO2/c21-18-15-8-4-5-9-16(15)22-19-17(18)14(10-11-20-19)12-13-6-2-1-3-7-13/h1-11H,12H2. The van der Waals surface area contributed by atoms with Gasteiger partial charge in [-0.2, -0.15) is 0 Å². The fourth-order valence-electron chi connectivity index (χ4n) is 2.75. The van der Waals surface area contributed by atoms with Crippen LogP contribution in [0.3, 0.4) is 0 Å². The molecule has 0 aliphatic heterocycles. The molecule has 0 saturated heterocycles. The van der Waals surface area contributed by atoms with Gasteiger partial charge in [-0.25, -0.2) is 4.98 Å². The van der Waals surface area contributed by atoms with Crippen LogP contribution in [0.1, 0.15) is 11.1 Å². The molecule has 0 saturated carbocycles. The van der Waals surface area contributed by atoms with Gasteiger partial charge in [-0.1, -0.05) is 42.5 Å². The van der Waals surface area contributed by atoms with Gasteiger partial charge in [0.15, 0.2) is 0 Å². The molecule has 4 rings (SSSR count). The zero-order chi connectivity index (χ0) is 14.9. The molecular weight excluding hydrogens is 274 g/mol. The largest absolute Gasteiger partial charge is 0.437 e. The Labute approximate surface area is 126 Å². The lowest BCUT2D eigenvalue weighted by atomic mass is 10.0. The van der Waals surface area contributed by atoms with Crippen LogP contribution in [0.5, 0.6) is 0 Å². The van der Waals surface area contributed by atoms with Crippen LogP contribution in [0.15, 0.2) is 76.1 Å². The number of rotatable bonds is 2. The SMILES string of the molecule is O=c1c2ccccc2oc2nccc(Cc3ccccc3)c12. The summed E-state index contributed by atoms with van der Waals surface area (Å²) >= 11 is 0. The number of hydrogen-bond donors (Lipinski definition) is 0. The Kier molecular flexibility index (Phi) is 2.97. The van der Waals surface area contributed by atoms with Crippen LogP contribution in [-0.4, -0.2) is 4.98 Å². The minimum atomic E-state index is -0.0177. The molecule has 2 aromatic carbocycles. The predicted molar refractivity (Wildman–Crippen MR) is 87.0 cm³/mol. The minimum Gasteiger partial charge on any atom is -0.437 e. The Bertz CT molecular complexity index is 1020. The molecule has 0 spiro atoms. The molecule has 0 amide bonds. The first-order valence-corrected chi connectivity index (χ1v) is 7.16. The Balaban J connectivity index is 2.00. The minimum absolute atomic E-state index is 0.0177. The van der Waals surface area contributed by atoms with Gasteiger partial charge < -0.3 is 4.42 Å². The quantitative estimate of drug-likeness (QED) is 0.525. The van der Waals surface area contributed by atoms with E-state index >= 15 is 0 Å². The van der Waals surface area contributed by atoms with Gasteiger partial charge >= 0.3 is 0 Å². The molecule has 2 aromatic heterocycles. The molecule has 0 unspecified atom stereocenters. The van der Waals surface area contributed by atoms with Crippen molar-refractivity contribution in [2.75, 3.05) is 0 Å². The zero-order valence-corrected chi connectivity index (χ0v) is 11.8. The van der Waals surface area contributed by atoms with E-state index in [2.05, 4.69) is 17.1 Å². The third kappa shape index (κ3) is 2.07. The summed E-state index contributed by atoms with van der Waals surface area (Å²) in [6.45, 7) is 0. The van der Waals surface area contributed by atoms with Gasteiger partial charge in [0, 0.05) is 6.20 Å². The summed E-state index contributed by atoms with van der Waals surface area (Å²) in [5.41, 5.74) is 3.05. The maximum Gasteiger partial charge on any atom is 0.230 e. The smallest absolute Gasteiger partial charge is 0.230 e. The summed E-state index contributed by atoms with van der Waals surface area (Å²) in [7, 11) is 0. The van der Waals surface area contributed by atoms with E-state index in [1.807, 2.05) is 36.4 Å². The fourth-order valence-corrected chi connectivity index (χ4v) is 2.75. The summed E-state index contributed by atoms with van der Waals surface area (Å²) in [5, 5.41) is 1.17. The molecule has 0 N–H and O–H groups in total. The Hall–Kier alpha value is -2.94. The third-order valence-corrected chi connectivity index (χ3v) is 3.81. The van der Waals surface area contributed by atoms with Crippen LogP contribution in [0, 0.1) is 0 Å². The lowest BCUT2D eigenvalue weighted by Crippen LogP contribution is -2.06. The molecule has 106 valence electrons. The van der Waals surface area contributed by atoms with Crippen molar-refractivity contribution in [3.63, 3.8) is 0 Å². The molecule has 0 radical (unpaired) electrons. The maximum atomic E-state index is 12.8. The monoisotopic (exact) mass is 287 g/mol. The first-order chi connectivity index (χ1) is 10.8. The van der Waals surface area contributed by atoms with Crippen molar-refractivity contribution < 1.29 is 4.42 Å². The molecule has 22 heavy (non-hydrogen) atoms. The van der Waals surface area contributed by atoms with E-state index in [1.165, 1.54) is 0 Å². The molecule has 2 heterocycles. The highest BCUT2D eigenvalue weighted by molar-refractivity contribution is 5.89. The number of fused-ring (bicyclic) bond motifs is 2. The van der Waals surface area contributed by atoms with Gasteiger partial charge in [-0.15, -0.1) is 0 Å². The van der Waals surface area contributed by atoms with Crippen LogP contribution in [0.25, 0.3) is 22.1 Å². The van der Waals surface area contributed by atoms with Crippen molar-refractivity contribution in [2.24, 2.45) is 0 Å². The van der Waals surface area contributed by atoms with E-state index in [9.17, 15) is 4.79 Å². The molecule has 3 heteroatoms.